The van der Waals surface area contributed by atoms with Gasteiger partial charge in [0.1, 0.15) is 0 Å². The molecule has 1 saturated heterocycles. The molecule has 1 aliphatic rings. The van der Waals surface area contributed by atoms with E-state index in [2.05, 4.69) is 5.32 Å². The number of nitrogens with zero attached hydrogens (tertiary/aromatic N) is 1. The number of likely N-dealkylation sites (N-methyl/N-ethyl adjacent to an activating group) is 1. The highest BCUT2D eigenvalue weighted by molar-refractivity contribution is 5.89. The summed E-state index contributed by atoms with van der Waals surface area (Å²) < 4.78 is 10.6. The molecule has 18 heavy (non-hydrogen) atoms. The third kappa shape index (κ3) is 3.45. The van der Waals surface area contributed by atoms with Crippen molar-refractivity contribution in [1.29, 1.82) is 0 Å². The minimum atomic E-state index is -0.307. The largest absolute Gasteiger partial charge is 0.348 e. The van der Waals surface area contributed by atoms with Crippen LogP contribution >= 0.6 is 0 Å². The Kier molecular flexibility index (Phi) is 4.17. The van der Waals surface area contributed by atoms with Gasteiger partial charge in [0.25, 0.3) is 0 Å². The normalized spacial score (nSPS) is 15.7. The first kappa shape index (κ1) is 12.9. The van der Waals surface area contributed by atoms with E-state index in [1.54, 1.807) is 11.9 Å². The fourth-order valence-electron chi connectivity index (χ4n) is 1.67. The molecule has 5 nitrogen and oxygen atoms in total. The SMILES string of the molecule is Cc1ccc(NC(=O)N(C)CC2OCCO2)cc1. The molecule has 2 amide bonds. The third-order valence-corrected chi connectivity index (χ3v) is 2.76. The molecule has 0 unspecified atom stereocenters. The molecule has 1 aliphatic heterocycles. The molecule has 1 aromatic rings. The van der Waals surface area contributed by atoms with Gasteiger partial charge in [0.15, 0.2) is 6.29 Å². The van der Waals surface area contributed by atoms with Crippen molar-refractivity contribution in [2.75, 3.05) is 32.1 Å². The van der Waals surface area contributed by atoms with Gasteiger partial charge in [0.2, 0.25) is 0 Å². The maximum Gasteiger partial charge on any atom is 0.321 e. The van der Waals surface area contributed by atoms with Gasteiger partial charge >= 0.3 is 6.03 Å². The number of urea groups is 1. The number of nitrogens with one attached hydrogen (secondary N) is 1. The first-order valence-corrected chi connectivity index (χ1v) is 5.97. The van der Waals surface area contributed by atoms with Crippen molar-refractivity contribution in [2.45, 2.75) is 13.2 Å². The number of hydrogen-bond acceptors (Lipinski definition) is 3. The van der Waals surface area contributed by atoms with Gasteiger partial charge in [0, 0.05) is 12.7 Å². The van der Waals surface area contributed by atoms with Crippen LogP contribution in [-0.2, 0) is 9.47 Å². The highest BCUT2D eigenvalue weighted by Gasteiger charge is 2.20. The number of hydrogen-bond donors (Lipinski definition) is 1. The topological polar surface area (TPSA) is 50.8 Å². The number of anilines is 1. The van der Waals surface area contributed by atoms with Gasteiger partial charge in [-0.2, -0.15) is 0 Å². The van der Waals surface area contributed by atoms with Gasteiger partial charge in [-0.05, 0) is 19.1 Å². The molecule has 0 aliphatic carbocycles. The highest BCUT2D eigenvalue weighted by Crippen LogP contribution is 2.10. The van der Waals surface area contributed by atoms with Crippen molar-refractivity contribution < 1.29 is 14.3 Å². The fraction of sp³-hybridized carbons (Fsp3) is 0.462. The minimum absolute atomic E-state index is 0.169. The molecule has 1 heterocycles. The Morgan fingerprint density at radius 1 is 1.33 bits per heavy atom. The quantitative estimate of drug-likeness (QED) is 0.890. The lowest BCUT2D eigenvalue weighted by Gasteiger charge is -2.20. The van der Waals surface area contributed by atoms with Crippen molar-refractivity contribution >= 4 is 11.7 Å². The smallest absolute Gasteiger partial charge is 0.321 e. The number of carbonyl (C=O) groups excluding carboxylic acids is 1. The Morgan fingerprint density at radius 2 is 1.94 bits per heavy atom. The third-order valence-electron chi connectivity index (χ3n) is 2.76. The van der Waals surface area contributed by atoms with Crippen LogP contribution in [0.15, 0.2) is 24.3 Å². The number of amides is 2. The first-order valence-electron chi connectivity index (χ1n) is 5.97. The fourth-order valence-corrected chi connectivity index (χ4v) is 1.67. The van der Waals surface area contributed by atoms with Crippen LogP contribution in [0.25, 0.3) is 0 Å². The van der Waals surface area contributed by atoms with Crippen LogP contribution in [0.5, 0.6) is 0 Å². The molecule has 5 heteroatoms. The second-order valence-corrected chi connectivity index (χ2v) is 4.35. The van der Waals surface area contributed by atoms with E-state index in [9.17, 15) is 4.79 Å². The predicted octanol–water partition coefficient (Wildman–Crippen LogP) is 1.83. The zero-order chi connectivity index (χ0) is 13.0. The summed E-state index contributed by atoms with van der Waals surface area (Å²) in [5, 5.41) is 2.82. The van der Waals surface area contributed by atoms with E-state index in [1.807, 2.05) is 31.2 Å². The summed E-state index contributed by atoms with van der Waals surface area (Å²) in [4.78, 5) is 13.4. The van der Waals surface area contributed by atoms with E-state index in [0.717, 1.165) is 11.3 Å². The lowest BCUT2D eigenvalue weighted by molar-refractivity contribution is -0.0518. The van der Waals surface area contributed by atoms with Crippen LogP contribution in [0.3, 0.4) is 0 Å². The van der Waals surface area contributed by atoms with E-state index >= 15 is 0 Å². The van der Waals surface area contributed by atoms with Crippen LogP contribution in [0.1, 0.15) is 5.56 Å². The number of aryl methyl sites for hydroxylation is 1. The van der Waals surface area contributed by atoms with Gasteiger partial charge < -0.3 is 19.7 Å². The van der Waals surface area contributed by atoms with Crippen LogP contribution in [-0.4, -0.2) is 44.0 Å². The first-order chi connectivity index (χ1) is 8.65. The lowest BCUT2D eigenvalue weighted by atomic mass is 10.2. The molecule has 0 atom stereocenters. The Bertz CT molecular complexity index is 399. The van der Waals surface area contributed by atoms with Gasteiger partial charge in [0.05, 0.1) is 19.8 Å². The molecular weight excluding hydrogens is 232 g/mol. The molecule has 2 rings (SSSR count). The molecule has 0 radical (unpaired) electrons. The Morgan fingerprint density at radius 3 is 2.56 bits per heavy atom. The molecule has 1 fully saturated rings. The van der Waals surface area contributed by atoms with E-state index in [-0.39, 0.29) is 12.3 Å². The number of benzene rings is 1. The van der Waals surface area contributed by atoms with Crippen molar-refractivity contribution in [3.05, 3.63) is 29.8 Å². The average Bonchev–Trinajstić information content (AvgIpc) is 2.85. The Hall–Kier alpha value is -1.59. The number of carbonyl (C=O) groups is 1. The lowest BCUT2D eigenvalue weighted by Crippen LogP contribution is -2.37. The summed E-state index contributed by atoms with van der Waals surface area (Å²) in [6.45, 7) is 3.63. The number of rotatable bonds is 3. The number of ether oxygens (including phenoxy) is 2. The second kappa shape index (κ2) is 5.84. The van der Waals surface area contributed by atoms with Crippen LogP contribution in [0.4, 0.5) is 10.5 Å². The van der Waals surface area contributed by atoms with Gasteiger partial charge in [-0.25, -0.2) is 4.79 Å². The summed E-state index contributed by atoms with van der Waals surface area (Å²) in [6, 6.07) is 7.50. The van der Waals surface area contributed by atoms with Crippen molar-refractivity contribution in [1.82, 2.24) is 4.90 Å². The molecule has 1 N–H and O–H groups in total. The highest BCUT2D eigenvalue weighted by atomic mass is 16.7. The predicted molar refractivity (Wildman–Crippen MR) is 68.5 cm³/mol. The van der Waals surface area contributed by atoms with E-state index in [1.165, 1.54) is 0 Å². The minimum Gasteiger partial charge on any atom is -0.348 e. The molecule has 0 bridgehead atoms. The molecule has 98 valence electrons. The van der Waals surface area contributed by atoms with Crippen molar-refractivity contribution in [2.24, 2.45) is 0 Å². The molecule has 1 aromatic carbocycles. The molecule has 0 spiro atoms. The summed E-state index contributed by atoms with van der Waals surface area (Å²) in [6.07, 6.45) is -0.307. The van der Waals surface area contributed by atoms with Gasteiger partial charge in [-0.1, -0.05) is 17.7 Å². The molecule has 0 saturated carbocycles. The van der Waals surface area contributed by atoms with Crippen LogP contribution < -0.4 is 5.32 Å². The standard InChI is InChI=1S/C13H18N2O3/c1-10-3-5-11(6-4-10)14-13(16)15(2)9-12-17-7-8-18-12/h3-6,12H,7-9H2,1-2H3,(H,14,16). The summed E-state index contributed by atoms with van der Waals surface area (Å²) in [7, 11) is 1.72. The van der Waals surface area contributed by atoms with Crippen molar-refractivity contribution in [3.63, 3.8) is 0 Å². The maximum absolute atomic E-state index is 11.9. The Labute approximate surface area is 107 Å². The maximum atomic E-state index is 11.9. The summed E-state index contributed by atoms with van der Waals surface area (Å²) >= 11 is 0. The summed E-state index contributed by atoms with van der Waals surface area (Å²) in [5.41, 5.74) is 1.94. The van der Waals surface area contributed by atoms with E-state index < -0.39 is 0 Å². The monoisotopic (exact) mass is 250 g/mol. The zero-order valence-corrected chi connectivity index (χ0v) is 10.7. The zero-order valence-electron chi connectivity index (χ0n) is 10.7. The van der Waals surface area contributed by atoms with Gasteiger partial charge in [-0.15, -0.1) is 0 Å². The van der Waals surface area contributed by atoms with E-state index in [4.69, 9.17) is 9.47 Å². The van der Waals surface area contributed by atoms with Crippen molar-refractivity contribution in [3.8, 4) is 0 Å². The van der Waals surface area contributed by atoms with Crippen LogP contribution in [0, 0.1) is 6.92 Å². The average molecular weight is 250 g/mol. The van der Waals surface area contributed by atoms with Crippen LogP contribution in [0.2, 0.25) is 0 Å². The molecular formula is C13H18N2O3. The van der Waals surface area contributed by atoms with E-state index in [0.29, 0.717) is 19.8 Å². The summed E-state index contributed by atoms with van der Waals surface area (Å²) in [5.74, 6) is 0. The second-order valence-electron chi connectivity index (χ2n) is 4.35. The molecule has 0 aromatic heterocycles. The Balaban J connectivity index is 1.84. The van der Waals surface area contributed by atoms with Gasteiger partial charge in [-0.3, -0.25) is 0 Å².